The summed E-state index contributed by atoms with van der Waals surface area (Å²) in [5, 5.41) is 6.26. The summed E-state index contributed by atoms with van der Waals surface area (Å²) >= 11 is 0. The van der Waals surface area contributed by atoms with Gasteiger partial charge in [-0.3, -0.25) is 9.78 Å². The molecule has 2 aromatic heterocycles. The van der Waals surface area contributed by atoms with Gasteiger partial charge < -0.3 is 14.6 Å². The number of fused-ring (bicyclic) bond motifs is 1. The largest absolute Gasteiger partial charge is 0.450 e. The smallest absolute Gasteiger partial charge is 0.287 e. The van der Waals surface area contributed by atoms with Crippen molar-refractivity contribution in [1.82, 2.24) is 15.2 Å². The molecule has 0 bridgehead atoms. The van der Waals surface area contributed by atoms with Gasteiger partial charge in [0, 0.05) is 36.6 Å². The van der Waals surface area contributed by atoms with Crippen LogP contribution < -0.4 is 5.32 Å². The van der Waals surface area contributed by atoms with Crippen molar-refractivity contribution < 1.29 is 9.21 Å². The lowest BCUT2D eigenvalue weighted by Gasteiger charge is -2.26. The number of likely N-dealkylation sites (tertiary alicyclic amines) is 1. The van der Waals surface area contributed by atoms with Crippen LogP contribution in [-0.2, 0) is 6.42 Å². The van der Waals surface area contributed by atoms with Gasteiger partial charge in [-0.2, -0.15) is 4.91 Å². The Morgan fingerprint density at radius 3 is 2.70 bits per heavy atom. The topological polar surface area (TPSA) is 87.8 Å². The number of nitrogens with one attached hydrogen (secondary N) is 1. The minimum atomic E-state index is -0.272. The molecule has 1 amide bonds. The minimum Gasteiger partial charge on any atom is -0.450 e. The molecule has 7 heteroatoms. The zero-order valence-corrected chi connectivity index (χ0v) is 18.6. The number of rotatable bonds is 7. The molecule has 7 nitrogen and oxygen atoms in total. The van der Waals surface area contributed by atoms with E-state index in [1.165, 1.54) is 19.3 Å². The summed E-state index contributed by atoms with van der Waals surface area (Å²) in [6, 6.07) is 11.3. The monoisotopic (exact) mass is 444 g/mol. The molecule has 1 atom stereocenters. The fourth-order valence-corrected chi connectivity index (χ4v) is 4.91. The van der Waals surface area contributed by atoms with Crippen molar-refractivity contribution in [3.8, 4) is 22.5 Å². The van der Waals surface area contributed by atoms with Crippen molar-refractivity contribution in [2.45, 2.75) is 38.1 Å². The van der Waals surface area contributed by atoms with Gasteiger partial charge in [0.05, 0.1) is 0 Å². The van der Waals surface area contributed by atoms with Crippen molar-refractivity contribution in [1.29, 1.82) is 0 Å². The van der Waals surface area contributed by atoms with Gasteiger partial charge >= 0.3 is 0 Å². The Balaban J connectivity index is 1.40. The Bertz CT molecular complexity index is 1140. The molecule has 1 aromatic carbocycles. The van der Waals surface area contributed by atoms with E-state index in [2.05, 4.69) is 26.4 Å². The number of nitroso groups, excluding NO2 is 1. The summed E-state index contributed by atoms with van der Waals surface area (Å²) in [6.07, 6.45) is 8.77. The molecule has 170 valence electrons. The fourth-order valence-electron chi connectivity index (χ4n) is 4.91. The van der Waals surface area contributed by atoms with E-state index in [9.17, 15) is 9.70 Å². The predicted molar refractivity (Wildman–Crippen MR) is 127 cm³/mol. The average Bonchev–Trinajstić information content (AvgIpc) is 3.49. The highest BCUT2D eigenvalue weighted by Crippen LogP contribution is 2.40. The summed E-state index contributed by atoms with van der Waals surface area (Å²) in [5.74, 6) is 0.732. The van der Waals surface area contributed by atoms with Crippen molar-refractivity contribution in [2.75, 3.05) is 26.2 Å². The molecule has 1 aliphatic carbocycles. The molecule has 1 unspecified atom stereocenters. The Morgan fingerprint density at radius 1 is 1.09 bits per heavy atom. The molecule has 1 aliphatic heterocycles. The summed E-state index contributed by atoms with van der Waals surface area (Å²) < 4.78 is 6.14. The van der Waals surface area contributed by atoms with E-state index in [4.69, 9.17) is 4.42 Å². The summed E-state index contributed by atoms with van der Waals surface area (Å²) in [7, 11) is 0. The van der Waals surface area contributed by atoms with Crippen molar-refractivity contribution >= 4 is 5.91 Å². The number of benzene rings is 1. The van der Waals surface area contributed by atoms with Gasteiger partial charge in [-0.15, -0.1) is 0 Å². The SMILES string of the molecule is O=NC1CCc2cc(-c3oc(C(=O)NCCN4CCCCC4)cc3-c3ccncc3)ccc21. The van der Waals surface area contributed by atoms with Crippen LogP contribution in [0.1, 0.15) is 53.4 Å². The number of pyridine rings is 1. The number of hydrogen-bond donors (Lipinski definition) is 1. The van der Waals surface area contributed by atoms with Crippen LogP contribution in [0, 0.1) is 4.91 Å². The number of furan rings is 1. The second-order valence-corrected chi connectivity index (χ2v) is 8.82. The van der Waals surface area contributed by atoms with Gasteiger partial charge in [0.25, 0.3) is 5.91 Å². The molecule has 1 fully saturated rings. The highest BCUT2D eigenvalue weighted by molar-refractivity contribution is 5.95. The molecule has 0 radical (unpaired) electrons. The highest BCUT2D eigenvalue weighted by atomic mass is 16.4. The van der Waals surface area contributed by atoms with Crippen LogP contribution >= 0.6 is 0 Å². The zero-order chi connectivity index (χ0) is 22.6. The lowest BCUT2D eigenvalue weighted by molar-refractivity contribution is 0.0919. The molecule has 33 heavy (non-hydrogen) atoms. The van der Waals surface area contributed by atoms with Crippen molar-refractivity contribution in [3.63, 3.8) is 0 Å². The number of piperidine rings is 1. The van der Waals surface area contributed by atoms with Gasteiger partial charge in [-0.1, -0.05) is 23.7 Å². The predicted octanol–water partition coefficient (Wildman–Crippen LogP) is 4.98. The standard InChI is InChI=1S/C26H28N4O3/c31-26(28-12-15-30-13-2-1-3-14-30)24-17-22(18-8-10-27-11-9-18)25(33-24)20-4-6-21-19(16-20)5-7-23(21)29-32/h4,6,8-11,16-17,23H,1-3,5,7,12-15H2,(H,28,31). The number of nitrogens with zero attached hydrogens (tertiary/aromatic N) is 3. The zero-order valence-electron chi connectivity index (χ0n) is 18.6. The molecular formula is C26H28N4O3. The Hall–Kier alpha value is -3.32. The molecule has 2 aliphatic rings. The number of carbonyl (C=O) groups is 1. The number of aryl methyl sites for hydroxylation is 1. The number of hydrogen-bond acceptors (Lipinski definition) is 6. The second kappa shape index (κ2) is 9.67. The average molecular weight is 445 g/mol. The lowest BCUT2D eigenvalue weighted by atomic mass is 9.99. The van der Waals surface area contributed by atoms with Gasteiger partial charge in [-0.25, -0.2) is 0 Å². The number of carbonyl (C=O) groups excluding carboxylic acids is 1. The van der Waals surface area contributed by atoms with Gasteiger partial charge in [-0.05, 0) is 79.7 Å². The first-order valence-corrected chi connectivity index (χ1v) is 11.7. The lowest BCUT2D eigenvalue weighted by Crippen LogP contribution is -2.37. The second-order valence-electron chi connectivity index (χ2n) is 8.82. The minimum absolute atomic E-state index is 0.208. The maximum atomic E-state index is 12.9. The van der Waals surface area contributed by atoms with Gasteiger partial charge in [0.15, 0.2) is 5.76 Å². The maximum absolute atomic E-state index is 12.9. The van der Waals surface area contributed by atoms with Crippen LogP contribution in [0.25, 0.3) is 22.5 Å². The van der Waals surface area contributed by atoms with Gasteiger partial charge in [0.1, 0.15) is 11.8 Å². The molecule has 1 saturated heterocycles. The normalized spacial score (nSPS) is 18.1. The Labute approximate surface area is 193 Å². The first-order chi connectivity index (χ1) is 16.2. The van der Waals surface area contributed by atoms with E-state index in [1.807, 2.05) is 30.3 Å². The van der Waals surface area contributed by atoms with E-state index < -0.39 is 0 Å². The van der Waals surface area contributed by atoms with Crippen LogP contribution in [0.3, 0.4) is 0 Å². The number of amides is 1. The van der Waals surface area contributed by atoms with Gasteiger partial charge in [0.2, 0.25) is 0 Å². The van der Waals surface area contributed by atoms with E-state index >= 15 is 0 Å². The van der Waals surface area contributed by atoms with Crippen molar-refractivity contribution in [2.24, 2.45) is 5.18 Å². The quantitative estimate of drug-likeness (QED) is 0.520. The van der Waals surface area contributed by atoms with E-state index in [1.54, 1.807) is 12.4 Å². The van der Waals surface area contributed by atoms with Crippen LogP contribution in [0.15, 0.2) is 58.4 Å². The first kappa shape index (κ1) is 21.5. The number of aromatic nitrogens is 1. The molecule has 0 saturated carbocycles. The van der Waals surface area contributed by atoms with Crippen LogP contribution in [0.4, 0.5) is 0 Å². The van der Waals surface area contributed by atoms with Crippen LogP contribution in [0.2, 0.25) is 0 Å². The van der Waals surface area contributed by atoms with E-state index in [-0.39, 0.29) is 11.9 Å². The molecule has 3 aromatic rings. The molecular weight excluding hydrogens is 416 g/mol. The summed E-state index contributed by atoms with van der Waals surface area (Å²) in [5.41, 5.74) is 4.77. The third-order valence-corrected chi connectivity index (χ3v) is 6.69. The van der Waals surface area contributed by atoms with Crippen molar-refractivity contribution in [3.05, 3.63) is 70.6 Å². The third-order valence-electron chi connectivity index (χ3n) is 6.69. The molecule has 3 heterocycles. The van der Waals surface area contributed by atoms with Crippen LogP contribution in [0.5, 0.6) is 0 Å². The Kier molecular flexibility index (Phi) is 6.30. The fraction of sp³-hybridized carbons (Fsp3) is 0.385. The first-order valence-electron chi connectivity index (χ1n) is 11.7. The molecule has 5 rings (SSSR count). The third kappa shape index (κ3) is 4.59. The Morgan fingerprint density at radius 2 is 1.91 bits per heavy atom. The van der Waals surface area contributed by atoms with E-state index in [0.717, 1.165) is 60.3 Å². The molecule has 0 spiro atoms. The maximum Gasteiger partial charge on any atom is 0.287 e. The highest BCUT2D eigenvalue weighted by Gasteiger charge is 2.25. The van der Waals surface area contributed by atoms with E-state index in [0.29, 0.717) is 18.1 Å². The summed E-state index contributed by atoms with van der Waals surface area (Å²) in [6.45, 7) is 3.66. The molecule has 1 N–H and O–H groups in total. The van der Waals surface area contributed by atoms with Crippen LogP contribution in [-0.4, -0.2) is 42.0 Å². The summed E-state index contributed by atoms with van der Waals surface area (Å²) in [4.78, 5) is 30.5.